The second kappa shape index (κ2) is 15.0. The molecule has 67 heavy (non-hydrogen) atoms. The predicted octanol–water partition coefficient (Wildman–Crippen LogP) is 16.5. The third kappa shape index (κ3) is 7.51. The molecule has 0 bridgehead atoms. The molecule has 0 amide bonds. The molecular weight excluding hydrogens is 828 g/mol. The Morgan fingerprint density at radius 3 is 1.67 bits per heavy atom. The van der Waals surface area contributed by atoms with Gasteiger partial charge >= 0.3 is 0 Å². The highest BCUT2D eigenvalue weighted by molar-refractivity contribution is 7.33. The average Bonchev–Trinajstić information content (AvgIpc) is 1.72. The molecule has 1 aliphatic carbocycles. The summed E-state index contributed by atoms with van der Waals surface area (Å²) in [6.45, 7) is 30.8. The van der Waals surface area contributed by atoms with Crippen LogP contribution >= 0.6 is 11.3 Å². The molecule has 4 heteroatoms. The van der Waals surface area contributed by atoms with E-state index in [2.05, 4.69) is 0 Å². The summed E-state index contributed by atoms with van der Waals surface area (Å²) in [4.78, 5) is 3.26. The van der Waals surface area contributed by atoms with E-state index in [0.717, 1.165) is 11.3 Å². The highest BCUT2D eigenvalue weighted by Crippen LogP contribution is 2.53. The Hall–Kier alpha value is -5.06. The maximum atomic E-state index is 10.6. The van der Waals surface area contributed by atoms with Gasteiger partial charge in [-0.25, -0.2) is 0 Å². The van der Waals surface area contributed by atoms with E-state index in [1.165, 1.54) is 4.90 Å². The lowest BCUT2D eigenvalue weighted by Gasteiger charge is -2.45. The minimum Gasteiger partial charge on any atom is -0.311 e. The van der Waals surface area contributed by atoms with Crippen LogP contribution in [0.15, 0.2) is 109 Å². The molecular formula is C63H73BN2S. The summed E-state index contributed by atoms with van der Waals surface area (Å²) in [5.41, 5.74) is -1.71. The van der Waals surface area contributed by atoms with Gasteiger partial charge in [-0.15, -0.1) is 11.3 Å². The smallest absolute Gasteiger partial charge is 0.264 e. The van der Waals surface area contributed by atoms with Crippen molar-refractivity contribution < 1.29 is 21.9 Å². The van der Waals surface area contributed by atoms with Crippen molar-refractivity contribution in [2.24, 2.45) is 0 Å². The van der Waals surface area contributed by atoms with Crippen molar-refractivity contribution in [1.82, 2.24) is 0 Å². The fourth-order valence-electron chi connectivity index (χ4n) is 9.76. The molecule has 2 nitrogen and oxygen atoms in total. The zero-order valence-corrected chi connectivity index (χ0v) is 43.3. The monoisotopic (exact) mass is 917 g/mol. The number of rotatable bonds is 3. The van der Waals surface area contributed by atoms with E-state index < -0.39 is 57.3 Å². The van der Waals surface area contributed by atoms with E-state index in [1.54, 1.807) is 52.5 Å². The summed E-state index contributed by atoms with van der Waals surface area (Å²) >= 11 is 1.14. The lowest BCUT2D eigenvalue weighted by atomic mass is 9.36. The highest BCUT2D eigenvalue weighted by Gasteiger charge is 2.47. The number of hydrogen-bond acceptors (Lipinski definition) is 3. The van der Waals surface area contributed by atoms with E-state index in [1.807, 2.05) is 82.2 Å². The molecule has 0 saturated heterocycles. The van der Waals surface area contributed by atoms with Gasteiger partial charge in [0.1, 0.15) is 0 Å². The number of nitrogens with zero attached hydrogens (tertiary/aromatic N) is 2. The lowest BCUT2D eigenvalue weighted by molar-refractivity contribution is 0.332. The van der Waals surface area contributed by atoms with Crippen molar-refractivity contribution in [3.05, 3.63) is 148 Å². The quantitative estimate of drug-likeness (QED) is 0.163. The zero-order valence-electron chi connectivity index (χ0n) is 58.4. The third-order valence-electron chi connectivity index (χ3n) is 14.0. The van der Waals surface area contributed by atoms with Crippen LogP contribution in [0.1, 0.15) is 184 Å². The van der Waals surface area contributed by atoms with Crippen LogP contribution < -0.4 is 25.5 Å². The first kappa shape index (κ1) is 30.4. The molecule has 10 rings (SSSR count). The Morgan fingerprint density at radius 2 is 1.06 bits per heavy atom. The lowest BCUT2D eigenvalue weighted by Crippen LogP contribution is -2.60. The molecule has 344 valence electrons. The molecule has 0 unspecified atom stereocenters. The van der Waals surface area contributed by atoms with E-state index in [9.17, 15) is 21.9 Å². The van der Waals surface area contributed by atoms with Gasteiger partial charge in [-0.1, -0.05) is 165 Å². The molecule has 6 aromatic carbocycles. The first-order valence-electron chi connectivity index (χ1n) is 31.7. The largest absolute Gasteiger partial charge is 0.311 e. The second-order valence-corrected chi connectivity index (χ2v) is 25.6. The standard InChI is InChI=1S/C63H73BN2S/c1-38-32-52-55-53(33-38)66(50-27-22-41(59(5,6)7)34-45(50)39-18-20-40(21-19-39)58(2,3)4)51-28-23-43(61(11,12)13)36-49(51)64(55)57-56(46-35-42(60(8,9)10)24-29-54(46)67-57)65(52)44-25-26-47-48(37-44)63(16,17)31-30-62(47,14)15/h18-29,32-37H,30-31H2,1-17H3/i18D,19D,20D,21D,22D,23D,24D,25D,26D,27D,28D,29D,34D,35D,36D,37D. The Morgan fingerprint density at radius 1 is 0.537 bits per heavy atom. The molecule has 0 radical (unpaired) electrons. The van der Waals surface area contributed by atoms with Crippen LogP contribution in [0, 0.1) is 6.92 Å². The fraction of sp³-hybridized carbons (Fsp3) is 0.397. The molecule has 0 N–H and O–H groups in total. The topological polar surface area (TPSA) is 6.48 Å². The maximum Gasteiger partial charge on any atom is 0.264 e. The predicted molar refractivity (Wildman–Crippen MR) is 296 cm³/mol. The van der Waals surface area contributed by atoms with Crippen molar-refractivity contribution in [3.63, 3.8) is 0 Å². The summed E-state index contributed by atoms with van der Waals surface area (Å²) in [7, 11) is 0. The number of aryl methyl sites for hydroxylation is 1. The van der Waals surface area contributed by atoms with Crippen molar-refractivity contribution in [1.29, 1.82) is 0 Å². The first-order valence-corrected chi connectivity index (χ1v) is 24.5. The van der Waals surface area contributed by atoms with Gasteiger partial charge in [-0.05, 0) is 162 Å². The van der Waals surface area contributed by atoms with Gasteiger partial charge in [0, 0.05) is 43.2 Å². The van der Waals surface area contributed by atoms with Gasteiger partial charge in [-0.3, -0.25) is 0 Å². The van der Waals surface area contributed by atoms with Crippen LogP contribution in [0.3, 0.4) is 0 Å². The second-order valence-electron chi connectivity index (χ2n) is 24.6. The maximum absolute atomic E-state index is 10.6. The molecule has 2 aliphatic heterocycles. The molecule has 3 aliphatic rings. The Bertz CT molecular complexity index is 4050. The van der Waals surface area contributed by atoms with E-state index >= 15 is 0 Å². The van der Waals surface area contributed by atoms with Gasteiger partial charge in [0.25, 0.3) is 6.71 Å². The molecule has 7 aromatic rings. The zero-order chi connectivity index (χ0) is 62.1. The van der Waals surface area contributed by atoms with Crippen LogP contribution in [0.5, 0.6) is 0 Å². The van der Waals surface area contributed by atoms with Crippen molar-refractivity contribution in [2.75, 3.05) is 9.80 Å². The van der Waals surface area contributed by atoms with Crippen LogP contribution in [-0.2, 0) is 32.5 Å². The molecule has 1 aromatic heterocycles. The van der Waals surface area contributed by atoms with E-state index in [4.69, 9.17) is 0 Å². The summed E-state index contributed by atoms with van der Waals surface area (Å²) in [5, 5.41) is 0.273. The number of anilines is 6. The van der Waals surface area contributed by atoms with Crippen LogP contribution in [0.25, 0.3) is 21.2 Å². The normalized spacial score (nSPS) is 19.8. The van der Waals surface area contributed by atoms with Gasteiger partial charge in [0.2, 0.25) is 0 Å². The number of hydrogen-bond donors (Lipinski definition) is 0. The summed E-state index contributed by atoms with van der Waals surface area (Å²) in [6.07, 6.45) is 1.38. The van der Waals surface area contributed by atoms with Crippen molar-refractivity contribution in [2.45, 2.75) is 163 Å². The molecule has 3 heterocycles. The van der Waals surface area contributed by atoms with Crippen LogP contribution in [0.2, 0.25) is 0 Å². The molecule has 0 fully saturated rings. The molecule has 0 spiro atoms. The number of benzene rings is 6. The summed E-state index contributed by atoms with van der Waals surface area (Å²) in [6, 6.07) is -0.709. The minimum absolute atomic E-state index is 0.00614. The van der Waals surface area contributed by atoms with Gasteiger partial charge in [0.05, 0.1) is 33.3 Å². The third-order valence-corrected chi connectivity index (χ3v) is 15.1. The van der Waals surface area contributed by atoms with Crippen LogP contribution in [-0.4, -0.2) is 6.71 Å². The van der Waals surface area contributed by atoms with E-state index in [0.29, 0.717) is 56.7 Å². The average molecular weight is 917 g/mol. The first-order chi connectivity index (χ1) is 37.9. The Kier molecular flexibility index (Phi) is 6.80. The van der Waals surface area contributed by atoms with Gasteiger partial charge in [0.15, 0.2) is 0 Å². The van der Waals surface area contributed by atoms with Crippen LogP contribution in [0.4, 0.5) is 34.1 Å². The van der Waals surface area contributed by atoms with Crippen molar-refractivity contribution >= 4 is 78.0 Å². The van der Waals surface area contributed by atoms with Gasteiger partial charge in [-0.2, -0.15) is 0 Å². The summed E-state index contributed by atoms with van der Waals surface area (Å²) < 4.78 is 161. The number of fused-ring (bicyclic) bond motifs is 7. The SMILES string of the molecule is [2H]c1c([2H])c(C(C)(C)C)c([2H])c([2H])c1-c1c([2H])c(C(C)(C)C)c([2H])c([2H])c1N1c2cc(C)cc3c2B(c2sc4c([2H])c([2H])c(C(C)(C)C)c([2H])c4c2N3c2c([2H])c([2H])c3c(c2[2H])C(C)(C)CCC3(C)C)c2c([2H])c(C(C)(C)C)c([2H])c([2H])c21. The molecule has 0 atom stereocenters. The fourth-order valence-corrected chi connectivity index (χ4v) is 11.0. The minimum atomic E-state index is -1.09. The van der Waals surface area contributed by atoms with Gasteiger partial charge < -0.3 is 9.80 Å². The molecule has 0 saturated carbocycles. The Labute approximate surface area is 430 Å². The summed E-state index contributed by atoms with van der Waals surface area (Å²) in [5.74, 6) is 0. The highest BCUT2D eigenvalue weighted by atomic mass is 32.1. The Balaban J connectivity index is 1.51. The number of thiophene rings is 1. The van der Waals surface area contributed by atoms with E-state index in [-0.39, 0.29) is 145 Å². The van der Waals surface area contributed by atoms with Crippen molar-refractivity contribution in [3.8, 4) is 11.1 Å².